The molecule has 2 aromatic rings. The van der Waals surface area contributed by atoms with E-state index in [9.17, 15) is 12.8 Å². The van der Waals surface area contributed by atoms with E-state index in [1.165, 1.54) is 19.2 Å². The summed E-state index contributed by atoms with van der Waals surface area (Å²) in [4.78, 5) is -0.111. The third-order valence-electron chi connectivity index (χ3n) is 3.81. The number of halogens is 2. The Balaban J connectivity index is 1.81. The van der Waals surface area contributed by atoms with E-state index in [2.05, 4.69) is 26.0 Å². The van der Waals surface area contributed by atoms with E-state index in [1.54, 1.807) is 0 Å². The van der Waals surface area contributed by atoms with Gasteiger partial charge in [0.05, 0.1) is 17.2 Å². The maximum Gasteiger partial charge on any atom is 0.240 e. The smallest absolute Gasteiger partial charge is 0.240 e. The molecule has 2 aromatic carbocycles. The van der Waals surface area contributed by atoms with Crippen LogP contribution in [0.2, 0.25) is 0 Å². The minimum absolute atomic E-state index is 0.111. The Morgan fingerprint density at radius 1 is 1.29 bits per heavy atom. The van der Waals surface area contributed by atoms with Crippen LogP contribution in [0.25, 0.3) is 0 Å². The predicted octanol–water partition coefficient (Wildman–Crippen LogP) is 3.04. The molecule has 0 saturated heterocycles. The van der Waals surface area contributed by atoms with Crippen LogP contribution in [0.1, 0.15) is 11.1 Å². The summed E-state index contributed by atoms with van der Waals surface area (Å²) in [6, 6.07) is 7.71. The number of anilines is 1. The first-order valence-corrected chi connectivity index (χ1v) is 9.59. The van der Waals surface area contributed by atoms with Crippen molar-refractivity contribution in [2.24, 2.45) is 0 Å². The van der Waals surface area contributed by atoms with Gasteiger partial charge in [0.2, 0.25) is 10.0 Å². The number of nitrogens with one attached hydrogen (secondary N) is 2. The molecule has 0 aliphatic carbocycles. The second-order valence-corrected chi connectivity index (χ2v) is 8.16. The van der Waals surface area contributed by atoms with E-state index in [0.29, 0.717) is 13.2 Å². The normalized spacial score (nSPS) is 13.5. The molecule has 5 nitrogen and oxygen atoms in total. The molecule has 0 saturated carbocycles. The molecule has 0 amide bonds. The van der Waals surface area contributed by atoms with Gasteiger partial charge in [0.15, 0.2) is 0 Å². The largest absolute Gasteiger partial charge is 0.493 e. The summed E-state index contributed by atoms with van der Waals surface area (Å²) in [7, 11) is -2.38. The molecule has 0 aromatic heterocycles. The molecule has 0 bridgehead atoms. The van der Waals surface area contributed by atoms with Gasteiger partial charge in [-0.2, -0.15) is 0 Å². The lowest BCUT2D eigenvalue weighted by atomic mass is 10.1. The van der Waals surface area contributed by atoms with Crippen LogP contribution in [0, 0.1) is 5.82 Å². The first kappa shape index (κ1) is 17.2. The van der Waals surface area contributed by atoms with Crippen LogP contribution in [0.5, 0.6) is 5.75 Å². The SMILES string of the molecule is CNS(=O)(=O)c1ccc(NCc2cc(Br)cc3c2OCC3)c(F)c1. The highest BCUT2D eigenvalue weighted by Crippen LogP contribution is 2.33. The fraction of sp³-hybridized carbons (Fsp3) is 0.250. The third kappa shape index (κ3) is 3.40. The highest BCUT2D eigenvalue weighted by Gasteiger charge is 2.18. The van der Waals surface area contributed by atoms with E-state index < -0.39 is 15.8 Å². The van der Waals surface area contributed by atoms with Crippen LogP contribution in [0.3, 0.4) is 0 Å². The molecule has 0 unspecified atom stereocenters. The number of rotatable bonds is 5. The fourth-order valence-electron chi connectivity index (χ4n) is 2.59. The molecule has 0 atom stereocenters. The molecule has 0 spiro atoms. The standard InChI is InChI=1S/C16H16BrFN2O3S/c1-19-24(21,22)13-2-3-15(14(18)8-13)20-9-11-7-12(17)6-10-4-5-23-16(10)11/h2-3,6-8,19-20H,4-5,9H2,1H3. The predicted molar refractivity (Wildman–Crippen MR) is 93.3 cm³/mol. The van der Waals surface area contributed by atoms with Crippen molar-refractivity contribution < 1.29 is 17.5 Å². The van der Waals surface area contributed by atoms with Crippen LogP contribution in [-0.2, 0) is 23.0 Å². The molecule has 8 heteroatoms. The molecule has 128 valence electrons. The topological polar surface area (TPSA) is 67.4 Å². The summed E-state index contributed by atoms with van der Waals surface area (Å²) in [5.74, 6) is 0.208. The lowest BCUT2D eigenvalue weighted by molar-refractivity contribution is 0.354. The molecule has 0 fully saturated rings. The molecule has 3 rings (SSSR count). The lowest BCUT2D eigenvalue weighted by Crippen LogP contribution is -2.18. The Morgan fingerprint density at radius 3 is 2.79 bits per heavy atom. The average molecular weight is 415 g/mol. The van der Waals surface area contributed by atoms with Crippen LogP contribution in [-0.4, -0.2) is 22.1 Å². The van der Waals surface area contributed by atoms with Crippen LogP contribution in [0.15, 0.2) is 39.7 Å². The maximum absolute atomic E-state index is 14.2. The summed E-state index contributed by atoms with van der Waals surface area (Å²) in [6.07, 6.45) is 0.854. The van der Waals surface area contributed by atoms with E-state index in [0.717, 1.165) is 33.8 Å². The van der Waals surface area contributed by atoms with Gasteiger partial charge in [0.1, 0.15) is 11.6 Å². The molecule has 24 heavy (non-hydrogen) atoms. The molecule has 1 heterocycles. The van der Waals surface area contributed by atoms with Crippen molar-refractivity contribution >= 4 is 31.6 Å². The van der Waals surface area contributed by atoms with Crippen LogP contribution < -0.4 is 14.8 Å². The highest BCUT2D eigenvalue weighted by molar-refractivity contribution is 9.10. The van der Waals surface area contributed by atoms with E-state index in [-0.39, 0.29) is 10.6 Å². The number of hydrogen-bond donors (Lipinski definition) is 2. The van der Waals surface area contributed by atoms with Crippen LogP contribution >= 0.6 is 15.9 Å². The summed E-state index contributed by atoms with van der Waals surface area (Å²) < 4.78 is 46.3. The first-order chi connectivity index (χ1) is 11.4. The monoisotopic (exact) mass is 414 g/mol. The van der Waals surface area contributed by atoms with Gasteiger partial charge in [-0.25, -0.2) is 17.5 Å². The quantitative estimate of drug-likeness (QED) is 0.788. The number of ether oxygens (including phenoxy) is 1. The lowest BCUT2D eigenvalue weighted by Gasteiger charge is -2.12. The maximum atomic E-state index is 14.2. The molecular weight excluding hydrogens is 399 g/mol. The molecule has 0 radical (unpaired) electrons. The zero-order chi connectivity index (χ0) is 17.3. The number of sulfonamides is 1. The minimum atomic E-state index is -3.66. The van der Waals surface area contributed by atoms with Crippen molar-refractivity contribution in [3.63, 3.8) is 0 Å². The van der Waals surface area contributed by atoms with Gasteiger partial charge in [-0.1, -0.05) is 15.9 Å². The fourth-order valence-corrected chi connectivity index (χ4v) is 3.89. The zero-order valence-corrected chi connectivity index (χ0v) is 15.3. The molecule has 1 aliphatic rings. The van der Waals surface area contributed by atoms with Crippen molar-refractivity contribution in [1.82, 2.24) is 4.72 Å². The summed E-state index contributed by atoms with van der Waals surface area (Å²) in [5.41, 5.74) is 2.28. The number of benzene rings is 2. The Morgan fingerprint density at radius 2 is 2.08 bits per heavy atom. The van der Waals surface area contributed by atoms with Gasteiger partial charge < -0.3 is 10.1 Å². The molecular formula is C16H16BrFN2O3S. The van der Waals surface area contributed by atoms with Gasteiger partial charge in [0.25, 0.3) is 0 Å². The van der Waals surface area contributed by atoms with Crippen molar-refractivity contribution in [2.45, 2.75) is 17.9 Å². The van der Waals surface area contributed by atoms with Gasteiger partial charge in [0, 0.05) is 23.0 Å². The van der Waals surface area contributed by atoms with Gasteiger partial charge in [-0.3, -0.25) is 0 Å². The van der Waals surface area contributed by atoms with E-state index in [1.807, 2.05) is 12.1 Å². The highest BCUT2D eigenvalue weighted by atomic mass is 79.9. The number of fused-ring (bicyclic) bond motifs is 1. The summed E-state index contributed by atoms with van der Waals surface area (Å²) >= 11 is 3.46. The molecule has 2 N–H and O–H groups in total. The van der Waals surface area contributed by atoms with Crippen molar-refractivity contribution in [1.29, 1.82) is 0 Å². The first-order valence-electron chi connectivity index (χ1n) is 7.32. The van der Waals surface area contributed by atoms with Gasteiger partial charge in [-0.15, -0.1) is 0 Å². The minimum Gasteiger partial charge on any atom is -0.493 e. The summed E-state index contributed by atoms with van der Waals surface area (Å²) in [5, 5.41) is 2.99. The average Bonchev–Trinajstić information content (AvgIpc) is 3.01. The Labute approximate surface area is 148 Å². The zero-order valence-electron chi connectivity index (χ0n) is 12.9. The van der Waals surface area contributed by atoms with Gasteiger partial charge in [-0.05, 0) is 42.9 Å². The van der Waals surface area contributed by atoms with Crippen molar-refractivity contribution in [3.8, 4) is 5.75 Å². The Bertz CT molecular complexity index is 887. The van der Waals surface area contributed by atoms with E-state index >= 15 is 0 Å². The van der Waals surface area contributed by atoms with Gasteiger partial charge >= 0.3 is 0 Å². The van der Waals surface area contributed by atoms with Crippen molar-refractivity contribution in [2.75, 3.05) is 19.0 Å². The van der Waals surface area contributed by atoms with E-state index in [4.69, 9.17) is 4.74 Å². The third-order valence-corrected chi connectivity index (χ3v) is 5.68. The summed E-state index contributed by atoms with van der Waals surface area (Å²) in [6.45, 7) is 1.01. The Kier molecular flexibility index (Phi) is 4.80. The molecule has 1 aliphatic heterocycles. The Hall–Kier alpha value is -1.64. The second kappa shape index (κ2) is 6.70. The number of hydrogen-bond acceptors (Lipinski definition) is 4. The van der Waals surface area contributed by atoms with Crippen molar-refractivity contribution in [3.05, 3.63) is 51.7 Å². The second-order valence-electron chi connectivity index (χ2n) is 5.35. The van der Waals surface area contributed by atoms with Crippen LogP contribution in [0.4, 0.5) is 10.1 Å².